The second-order valence-corrected chi connectivity index (χ2v) is 6.37. The van der Waals surface area contributed by atoms with E-state index in [2.05, 4.69) is 19.8 Å². The Morgan fingerprint density at radius 1 is 1.34 bits per heavy atom. The standard InChI is InChI=1S/C19H16ClF2N5O2/c1-11-6-7-24-14(8-11)17-16(12-2-4-13(20)5-3-12)18(25-10-23)27(26-17)19(28)29-9-15(21)22/h2-8,10,15H,9H2,1H3,(H2,23,25). The number of rotatable bonds is 5. The molecule has 0 saturated carbocycles. The fraction of sp³-hybridized carbons (Fsp3) is 0.158. The minimum atomic E-state index is -2.82. The zero-order chi connectivity index (χ0) is 21.0. The van der Waals surface area contributed by atoms with E-state index in [1.807, 2.05) is 6.92 Å². The third kappa shape index (κ3) is 4.57. The second kappa shape index (κ2) is 8.78. The lowest BCUT2D eigenvalue weighted by Gasteiger charge is -2.06. The summed E-state index contributed by atoms with van der Waals surface area (Å²) in [5.74, 6) is 0.0207. The van der Waals surface area contributed by atoms with E-state index in [1.54, 1.807) is 42.6 Å². The summed E-state index contributed by atoms with van der Waals surface area (Å²) in [4.78, 5) is 20.7. The maximum absolute atomic E-state index is 12.5. The van der Waals surface area contributed by atoms with E-state index in [-0.39, 0.29) is 5.82 Å². The zero-order valence-electron chi connectivity index (χ0n) is 15.2. The van der Waals surface area contributed by atoms with Gasteiger partial charge in [0.1, 0.15) is 5.69 Å². The van der Waals surface area contributed by atoms with Crippen LogP contribution in [0, 0.1) is 6.92 Å². The first-order valence-corrected chi connectivity index (χ1v) is 8.80. The Morgan fingerprint density at radius 3 is 2.69 bits per heavy atom. The fourth-order valence-corrected chi connectivity index (χ4v) is 2.78. The molecule has 150 valence electrons. The van der Waals surface area contributed by atoms with Gasteiger partial charge in [0.15, 0.2) is 12.4 Å². The number of carbonyl (C=O) groups is 1. The van der Waals surface area contributed by atoms with E-state index in [9.17, 15) is 13.6 Å². The van der Waals surface area contributed by atoms with Gasteiger partial charge in [0.25, 0.3) is 6.43 Å². The number of aromatic nitrogens is 3. The lowest BCUT2D eigenvalue weighted by atomic mass is 10.0. The first-order chi connectivity index (χ1) is 13.9. The van der Waals surface area contributed by atoms with Gasteiger partial charge in [0, 0.05) is 11.2 Å². The van der Waals surface area contributed by atoms with Crippen molar-refractivity contribution in [3.63, 3.8) is 0 Å². The van der Waals surface area contributed by atoms with E-state index in [4.69, 9.17) is 17.3 Å². The van der Waals surface area contributed by atoms with Crippen LogP contribution in [-0.2, 0) is 4.74 Å². The molecule has 3 rings (SSSR count). The highest BCUT2D eigenvalue weighted by Crippen LogP contribution is 2.39. The number of hydrogen-bond acceptors (Lipinski definition) is 5. The molecular weight excluding hydrogens is 404 g/mol. The Balaban J connectivity index is 2.24. The maximum Gasteiger partial charge on any atom is 0.436 e. The number of carbonyl (C=O) groups excluding carboxylic acids is 1. The summed E-state index contributed by atoms with van der Waals surface area (Å²) < 4.78 is 30.4. The molecule has 0 atom stereocenters. The van der Waals surface area contributed by atoms with Crippen molar-refractivity contribution < 1.29 is 18.3 Å². The minimum Gasteiger partial charge on any atom is -0.442 e. The molecule has 0 aliphatic carbocycles. The number of alkyl halides is 2. The predicted molar refractivity (Wildman–Crippen MR) is 106 cm³/mol. The van der Waals surface area contributed by atoms with Crippen LogP contribution < -0.4 is 5.73 Å². The number of nitrogens with two attached hydrogens (primary N) is 1. The van der Waals surface area contributed by atoms with Crippen LogP contribution in [0.3, 0.4) is 0 Å². The van der Waals surface area contributed by atoms with Crippen LogP contribution in [0.5, 0.6) is 0 Å². The van der Waals surface area contributed by atoms with E-state index >= 15 is 0 Å². The zero-order valence-corrected chi connectivity index (χ0v) is 16.0. The highest BCUT2D eigenvalue weighted by Gasteiger charge is 2.26. The van der Waals surface area contributed by atoms with Crippen molar-refractivity contribution in [1.29, 1.82) is 0 Å². The number of nitrogens with zero attached hydrogens (tertiary/aromatic N) is 4. The van der Waals surface area contributed by atoms with Gasteiger partial charge in [-0.25, -0.2) is 18.6 Å². The molecule has 10 heteroatoms. The summed E-state index contributed by atoms with van der Waals surface area (Å²) in [6.07, 6.45) is -1.36. The minimum absolute atomic E-state index is 0.0207. The summed E-state index contributed by atoms with van der Waals surface area (Å²) >= 11 is 5.98. The van der Waals surface area contributed by atoms with Gasteiger partial charge in [-0.2, -0.15) is 5.10 Å². The van der Waals surface area contributed by atoms with Crippen LogP contribution in [0.4, 0.5) is 19.4 Å². The Bertz CT molecular complexity index is 1050. The Labute approximate surface area is 169 Å². The Hall–Kier alpha value is -3.33. The number of aryl methyl sites for hydroxylation is 1. The smallest absolute Gasteiger partial charge is 0.436 e. The van der Waals surface area contributed by atoms with Crippen LogP contribution in [0.2, 0.25) is 5.02 Å². The van der Waals surface area contributed by atoms with Crippen molar-refractivity contribution in [3.05, 3.63) is 53.2 Å². The number of ether oxygens (including phenoxy) is 1. The Morgan fingerprint density at radius 2 is 2.07 bits per heavy atom. The van der Waals surface area contributed by atoms with Crippen molar-refractivity contribution in [2.45, 2.75) is 13.3 Å². The second-order valence-electron chi connectivity index (χ2n) is 5.93. The number of halogens is 3. The SMILES string of the molecule is Cc1ccnc(-c2nn(C(=O)OCC(F)F)c(/N=C\N)c2-c2ccc(Cl)cc2)c1. The largest absolute Gasteiger partial charge is 0.442 e. The summed E-state index contributed by atoms with van der Waals surface area (Å²) in [7, 11) is 0. The highest BCUT2D eigenvalue weighted by molar-refractivity contribution is 6.30. The molecule has 2 aromatic heterocycles. The van der Waals surface area contributed by atoms with E-state index in [1.165, 1.54) is 0 Å². The lowest BCUT2D eigenvalue weighted by molar-refractivity contribution is 0.0484. The molecule has 0 aliphatic rings. The molecule has 0 radical (unpaired) electrons. The fourth-order valence-electron chi connectivity index (χ4n) is 2.65. The van der Waals surface area contributed by atoms with Crippen molar-refractivity contribution in [2.24, 2.45) is 10.7 Å². The quantitative estimate of drug-likeness (QED) is 0.487. The van der Waals surface area contributed by atoms with E-state index < -0.39 is 19.1 Å². The molecule has 7 nitrogen and oxygen atoms in total. The molecular formula is C19H16ClF2N5O2. The summed E-state index contributed by atoms with van der Waals surface area (Å²) in [6, 6.07) is 10.3. The first-order valence-electron chi connectivity index (χ1n) is 8.42. The Kier molecular flexibility index (Phi) is 6.18. The van der Waals surface area contributed by atoms with Crippen molar-refractivity contribution in [3.8, 4) is 22.5 Å². The molecule has 2 N–H and O–H groups in total. The molecule has 0 spiro atoms. The summed E-state index contributed by atoms with van der Waals surface area (Å²) in [5.41, 5.74) is 8.19. The van der Waals surface area contributed by atoms with E-state index in [0.717, 1.165) is 16.6 Å². The number of pyridine rings is 1. The molecule has 2 heterocycles. The lowest BCUT2D eigenvalue weighted by Crippen LogP contribution is -2.18. The monoisotopic (exact) mass is 419 g/mol. The number of aliphatic imine (C=N–C) groups is 1. The van der Waals surface area contributed by atoms with Crippen LogP contribution >= 0.6 is 11.6 Å². The molecule has 1 aromatic carbocycles. The van der Waals surface area contributed by atoms with Gasteiger partial charge in [0.05, 0.1) is 17.6 Å². The van der Waals surface area contributed by atoms with Gasteiger partial charge in [-0.15, -0.1) is 4.68 Å². The average molecular weight is 420 g/mol. The van der Waals surface area contributed by atoms with Gasteiger partial charge >= 0.3 is 6.09 Å². The van der Waals surface area contributed by atoms with Gasteiger partial charge in [-0.1, -0.05) is 23.7 Å². The normalized spacial score (nSPS) is 11.3. The predicted octanol–water partition coefficient (Wildman–Crippen LogP) is 4.44. The molecule has 0 bridgehead atoms. The number of benzene rings is 1. The molecule has 0 fully saturated rings. The molecule has 0 amide bonds. The van der Waals surface area contributed by atoms with Crippen LogP contribution in [0.15, 0.2) is 47.6 Å². The van der Waals surface area contributed by atoms with Gasteiger partial charge < -0.3 is 10.5 Å². The molecule has 3 aromatic rings. The van der Waals surface area contributed by atoms with Crippen LogP contribution in [0.25, 0.3) is 22.5 Å². The van der Waals surface area contributed by atoms with Crippen molar-refractivity contribution >= 4 is 29.9 Å². The molecule has 0 saturated heterocycles. The maximum atomic E-state index is 12.5. The van der Waals surface area contributed by atoms with Gasteiger partial charge in [0.2, 0.25) is 0 Å². The molecule has 29 heavy (non-hydrogen) atoms. The molecule has 0 unspecified atom stereocenters. The first kappa shape index (κ1) is 20.4. The molecule has 0 aliphatic heterocycles. The van der Waals surface area contributed by atoms with Crippen LogP contribution in [-0.4, -0.2) is 40.2 Å². The number of hydrogen-bond donors (Lipinski definition) is 1. The average Bonchev–Trinajstić information content (AvgIpc) is 3.06. The van der Waals surface area contributed by atoms with Crippen molar-refractivity contribution in [1.82, 2.24) is 14.8 Å². The van der Waals surface area contributed by atoms with E-state index in [0.29, 0.717) is 27.5 Å². The summed E-state index contributed by atoms with van der Waals surface area (Å²) in [5, 5.41) is 4.76. The summed E-state index contributed by atoms with van der Waals surface area (Å²) in [6.45, 7) is 0.804. The topological polar surface area (TPSA) is 95.4 Å². The van der Waals surface area contributed by atoms with Gasteiger partial charge in [-0.05, 0) is 42.3 Å². The third-order valence-corrected chi connectivity index (χ3v) is 4.11. The third-order valence-electron chi connectivity index (χ3n) is 3.85. The highest BCUT2D eigenvalue weighted by atomic mass is 35.5. The van der Waals surface area contributed by atoms with Crippen molar-refractivity contribution in [2.75, 3.05) is 6.61 Å². The van der Waals surface area contributed by atoms with Gasteiger partial charge in [-0.3, -0.25) is 4.98 Å². The van der Waals surface area contributed by atoms with Crippen LogP contribution in [0.1, 0.15) is 5.56 Å².